The fraction of sp³-hybridized carbons (Fsp3) is 0.941. The Kier molecular flexibility index (Phi) is 6.20. The number of carbonyl (C=O) groups excluding carboxylic acids is 1. The van der Waals surface area contributed by atoms with Crippen LogP contribution in [0.3, 0.4) is 0 Å². The lowest BCUT2D eigenvalue weighted by Gasteiger charge is -2.42. The first-order chi connectivity index (χ1) is 11.4. The van der Waals surface area contributed by atoms with Crippen molar-refractivity contribution in [1.29, 1.82) is 0 Å². The molecule has 2 aliphatic heterocycles. The molecular weight excluding hydrogens is 421 g/mol. The number of Topliss-reactive ketones (excluding diaryl/α,β-unsaturated/α-hetero) is 1. The van der Waals surface area contributed by atoms with Crippen LogP contribution in [0.5, 0.6) is 0 Å². The van der Waals surface area contributed by atoms with E-state index in [0.717, 1.165) is 25.9 Å². The summed E-state index contributed by atoms with van der Waals surface area (Å²) >= 11 is 2.22. The smallest absolute Gasteiger partial charge is 0.150 e. The number of alkyl halides is 1. The zero-order valence-corrected chi connectivity index (χ0v) is 16.8. The van der Waals surface area contributed by atoms with E-state index in [9.17, 15) is 15.2 Å². The van der Waals surface area contributed by atoms with Gasteiger partial charge in [0.05, 0.1) is 12.7 Å². The molecule has 0 radical (unpaired) electrons. The second-order valence-corrected chi connectivity index (χ2v) is 9.51. The molecule has 6 atom stereocenters. The average Bonchev–Trinajstić information content (AvgIpc) is 2.84. The first-order valence-corrected chi connectivity index (χ1v) is 10.4. The van der Waals surface area contributed by atoms with Gasteiger partial charge in [-0.15, -0.1) is 0 Å². The van der Waals surface area contributed by atoms with Crippen LogP contribution in [0.2, 0.25) is 0 Å². The number of halogens is 1. The van der Waals surface area contributed by atoms with Crippen LogP contribution in [0.1, 0.15) is 46.0 Å². The molecule has 0 spiro atoms. The Labute approximate surface area is 158 Å². The van der Waals surface area contributed by atoms with E-state index < -0.39 is 6.04 Å². The SMILES string of the molecule is CC1CCCN2CC(C)N(CC(=O)C3CCC(I)C(N([O-])O)C3)C12. The van der Waals surface area contributed by atoms with Gasteiger partial charge in [0.1, 0.15) is 5.78 Å². The number of hydrogen-bond acceptors (Lipinski definition) is 6. The normalized spacial score (nSPS) is 41.6. The summed E-state index contributed by atoms with van der Waals surface area (Å²) in [5.41, 5.74) is 0. The van der Waals surface area contributed by atoms with Crippen molar-refractivity contribution in [2.45, 2.75) is 68.1 Å². The minimum atomic E-state index is -0.450. The van der Waals surface area contributed by atoms with E-state index in [2.05, 4.69) is 46.2 Å². The summed E-state index contributed by atoms with van der Waals surface area (Å²) in [6.45, 7) is 7.19. The lowest BCUT2D eigenvalue weighted by atomic mass is 9.83. The van der Waals surface area contributed by atoms with Crippen molar-refractivity contribution in [3.05, 3.63) is 5.21 Å². The maximum atomic E-state index is 12.9. The third-order valence-corrected chi connectivity index (χ3v) is 7.66. The van der Waals surface area contributed by atoms with Crippen LogP contribution in [-0.4, -0.2) is 67.8 Å². The molecule has 0 aromatic carbocycles. The molecule has 2 saturated heterocycles. The van der Waals surface area contributed by atoms with Gasteiger partial charge >= 0.3 is 0 Å². The van der Waals surface area contributed by atoms with Gasteiger partial charge in [-0.25, -0.2) is 0 Å². The Bertz CT molecular complexity index is 464. The number of nitrogens with zero attached hydrogens (tertiary/aromatic N) is 3. The maximum absolute atomic E-state index is 12.9. The van der Waals surface area contributed by atoms with Gasteiger partial charge in [0.2, 0.25) is 0 Å². The Morgan fingerprint density at radius 3 is 2.79 bits per heavy atom. The molecule has 0 amide bonds. The standard InChI is InChI=1S/C17H29IN3O3/c1-11-4-3-7-19-9-12(2)20(17(11)19)10-16(22)13-5-6-14(18)15(8-13)21(23)24/h11-15,17,23H,3-10H2,1-2H3/q-1. The third-order valence-electron chi connectivity index (χ3n) is 6.20. The lowest BCUT2D eigenvalue weighted by molar-refractivity contribution is -0.130. The van der Waals surface area contributed by atoms with Gasteiger partial charge in [-0.2, -0.15) is 0 Å². The first kappa shape index (κ1) is 19.0. The molecule has 6 nitrogen and oxygen atoms in total. The van der Waals surface area contributed by atoms with Crippen molar-refractivity contribution in [3.63, 3.8) is 0 Å². The minimum absolute atomic E-state index is 0.0694. The van der Waals surface area contributed by atoms with Crippen LogP contribution in [0.15, 0.2) is 0 Å². The Hall–Kier alpha value is 0.200. The fourth-order valence-electron chi connectivity index (χ4n) is 4.89. The van der Waals surface area contributed by atoms with Gasteiger partial charge in [0.15, 0.2) is 0 Å². The maximum Gasteiger partial charge on any atom is 0.150 e. The van der Waals surface area contributed by atoms with Crippen LogP contribution >= 0.6 is 22.6 Å². The number of ketones is 1. The summed E-state index contributed by atoms with van der Waals surface area (Å²) < 4.78 is 0.119. The van der Waals surface area contributed by atoms with Crippen molar-refractivity contribution >= 4 is 28.4 Å². The van der Waals surface area contributed by atoms with E-state index in [-0.39, 0.29) is 20.9 Å². The monoisotopic (exact) mass is 450 g/mol. The van der Waals surface area contributed by atoms with Gasteiger partial charge < -0.3 is 10.4 Å². The number of piperidine rings is 1. The van der Waals surface area contributed by atoms with Gasteiger partial charge in [0, 0.05) is 28.5 Å². The Morgan fingerprint density at radius 2 is 2.08 bits per heavy atom. The summed E-state index contributed by atoms with van der Waals surface area (Å²) in [5.74, 6) is 0.755. The topological polar surface area (TPSA) is 70.1 Å². The van der Waals surface area contributed by atoms with Gasteiger partial charge in [0.25, 0.3) is 0 Å². The highest BCUT2D eigenvalue weighted by Gasteiger charge is 2.43. The molecule has 1 N–H and O–H groups in total. The summed E-state index contributed by atoms with van der Waals surface area (Å²) in [6, 6.07) is -0.0422. The molecule has 6 unspecified atom stereocenters. The van der Waals surface area contributed by atoms with E-state index in [1.165, 1.54) is 12.8 Å². The van der Waals surface area contributed by atoms with E-state index in [4.69, 9.17) is 0 Å². The minimum Gasteiger partial charge on any atom is -0.762 e. The lowest BCUT2D eigenvalue weighted by Crippen LogP contribution is -2.50. The Balaban J connectivity index is 1.63. The van der Waals surface area contributed by atoms with Gasteiger partial charge in [-0.05, 0) is 51.5 Å². The van der Waals surface area contributed by atoms with Crippen molar-refractivity contribution in [1.82, 2.24) is 15.0 Å². The van der Waals surface area contributed by atoms with Crippen LogP contribution < -0.4 is 0 Å². The molecule has 3 aliphatic rings. The zero-order valence-electron chi connectivity index (χ0n) is 14.6. The molecule has 3 fully saturated rings. The second kappa shape index (κ2) is 7.84. The van der Waals surface area contributed by atoms with Crippen LogP contribution in [0, 0.1) is 17.0 Å². The largest absolute Gasteiger partial charge is 0.762 e. The van der Waals surface area contributed by atoms with Crippen LogP contribution in [0.25, 0.3) is 0 Å². The molecule has 0 aromatic heterocycles. The molecule has 0 aromatic rings. The van der Waals surface area contributed by atoms with Crippen molar-refractivity contribution < 1.29 is 10.0 Å². The molecule has 24 heavy (non-hydrogen) atoms. The highest BCUT2D eigenvalue weighted by Crippen LogP contribution is 2.35. The first-order valence-electron chi connectivity index (χ1n) is 9.20. The predicted molar refractivity (Wildman–Crippen MR) is 101 cm³/mol. The highest BCUT2D eigenvalue weighted by molar-refractivity contribution is 14.1. The van der Waals surface area contributed by atoms with E-state index in [1.54, 1.807) is 0 Å². The summed E-state index contributed by atoms with van der Waals surface area (Å²) in [4.78, 5) is 17.8. The molecular formula is C17H29IN3O3-. The quantitative estimate of drug-likeness (QED) is 0.403. The number of rotatable bonds is 4. The molecule has 1 saturated carbocycles. The number of hydrogen-bond donors (Lipinski definition) is 1. The number of fused-ring (bicyclic) bond motifs is 1. The van der Waals surface area contributed by atoms with Gasteiger partial charge in [-0.1, -0.05) is 29.5 Å². The van der Waals surface area contributed by atoms with E-state index in [1.807, 2.05) is 0 Å². The molecule has 138 valence electrons. The number of carbonyl (C=O) groups is 1. The van der Waals surface area contributed by atoms with E-state index >= 15 is 0 Å². The summed E-state index contributed by atoms with van der Waals surface area (Å²) in [6.07, 6.45) is 5.02. The Morgan fingerprint density at radius 1 is 1.33 bits per heavy atom. The molecule has 1 aliphatic carbocycles. The molecule has 7 heteroatoms. The van der Waals surface area contributed by atoms with Crippen molar-refractivity contribution in [3.8, 4) is 0 Å². The van der Waals surface area contributed by atoms with E-state index in [0.29, 0.717) is 31.1 Å². The fourth-order valence-corrected chi connectivity index (χ4v) is 5.82. The third kappa shape index (κ3) is 3.81. The van der Waals surface area contributed by atoms with Crippen LogP contribution in [0.4, 0.5) is 0 Å². The molecule has 2 heterocycles. The zero-order chi connectivity index (χ0) is 17.4. The number of hydroxylamine groups is 2. The summed E-state index contributed by atoms with van der Waals surface area (Å²) in [7, 11) is 0. The summed E-state index contributed by atoms with van der Waals surface area (Å²) in [5, 5.41) is 20.7. The molecule has 0 bridgehead atoms. The van der Waals surface area contributed by atoms with Gasteiger partial charge in [-0.3, -0.25) is 19.8 Å². The average molecular weight is 450 g/mol. The van der Waals surface area contributed by atoms with Crippen molar-refractivity contribution in [2.75, 3.05) is 19.6 Å². The highest BCUT2D eigenvalue weighted by atomic mass is 127. The predicted octanol–water partition coefficient (Wildman–Crippen LogP) is 2.48. The molecule has 3 rings (SSSR count). The van der Waals surface area contributed by atoms with Crippen molar-refractivity contribution in [2.24, 2.45) is 11.8 Å². The van der Waals surface area contributed by atoms with Crippen LogP contribution in [-0.2, 0) is 4.79 Å². The second-order valence-electron chi connectivity index (χ2n) is 7.91.